The second kappa shape index (κ2) is 5.53. The summed E-state index contributed by atoms with van der Waals surface area (Å²) in [5.41, 5.74) is 0.412. The summed E-state index contributed by atoms with van der Waals surface area (Å²) in [4.78, 5) is 0.173. The number of rotatable bonds is 4. The van der Waals surface area contributed by atoms with Crippen molar-refractivity contribution in [2.24, 2.45) is 5.92 Å². The molecule has 0 amide bonds. The topological polar surface area (TPSA) is 66.4 Å². The summed E-state index contributed by atoms with van der Waals surface area (Å²) in [7, 11) is -3.51. The van der Waals surface area contributed by atoms with Crippen LogP contribution in [0.2, 0.25) is 0 Å². The van der Waals surface area contributed by atoms with Crippen LogP contribution in [0.4, 0.5) is 0 Å². The minimum Gasteiger partial charge on any atom is -0.384 e. The molecular formula is C13H15NO3S. The van der Waals surface area contributed by atoms with Gasteiger partial charge in [0.25, 0.3) is 0 Å². The van der Waals surface area contributed by atoms with E-state index in [1.807, 2.05) is 0 Å². The summed E-state index contributed by atoms with van der Waals surface area (Å²) in [6.07, 6.45) is 2.18. The zero-order valence-electron chi connectivity index (χ0n) is 9.89. The van der Waals surface area contributed by atoms with Crippen LogP contribution in [0.3, 0.4) is 0 Å². The molecule has 1 fully saturated rings. The Balaban J connectivity index is 2.24. The molecule has 0 aliphatic heterocycles. The largest absolute Gasteiger partial charge is 0.384 e. The van der Waals surface area contributed by atoms with Crippen molar-refractivity contribution >= 4 is 10.0 Å². The zero-order valence-corrected chi connectivity index (χ0v) is 10.7. The summed E-state index contributed by atoms with van der Waals surface area (Å²) < 4.78 is 26.8. The molecule has 5 heteroatoms. The molecule has 0 aromatic heterocycles. The van der Waals surface area contributed by atoms with Crippen molar-refractivity contribution < 1.29 is 13.5 Å². The fourth-order valence-electron chi connectivity index (χ4n) is 1.57. The van der Waals surface area contributed by atoms with Gasteiger partial charge in [0.05, 0.1) is 4.90 Å². The minimum absolute atomic E-state index is 0.173. The molecule has 1 aromatic carbocycles. The first-order chi connectivity index (χ1) is 8.63. The highest BCUT2D eigenvalue weighted by atomic mass is 32.2. The smallest absolute Gasteiger partial charge is 0.241 e. The number of hydrogen-bond acceptors (Lipinski definition) is 3. The number of nitrogens with one attached hydrogen (secondary N) is 1. The molecule has 0 bridgehead atoms. The molecule has 0 spiro atoms. The zero-order chi connectivity index (χ0) is 13.0. The van der Waals surface area contributed by atoms with Crippen LogP contribution in [0.1, 0.15) is 18.4 Å². The van der Waals surface area contributed by atoms with E-state index in [0.29, 0.717) is 18.0 Å². The number of hydrogen-bond donors (Lipinski definition) is 2. The maximum absolute atomic E-state index is 12.1. The van der Waals surface area contributed by atoms with Crippen LogP contribution in [0.25, 0.3) is 0 Å². The third-order valence-electron chi connectivity index (χ3n) is 2.74. The first kappa shape index (κ1) is 13.1. The maximum Gasteiger partial charge on any atom is 0.241 e. The number of aliphatic hydroxyl groups is 1. The average molecular weight is 265 g/mol. The van der Waals surface area contributed by atoms with Gasteiger partial charge in [-0.15, -0.1) is 0 Å². The Bertz CT molecular complexity index is 580. The average Bonchev–Trinajstić information content (AvgIpc) is 3.18. The van der Waals surface area contributed by atoms with Crippen LogP contribution in [0, 0.1) is 17.8 Å². The summed E-state index contributed by atoms with van der Waals surface area (Å²) in [5.74, 6) is 5.60. The lowest BCUT2D eigenvalue weighted by Gasteiger charge is -2.07. The Kier molecular flexibility index (Phi) is 4.02. The van der Waals surface area contributed by atoms with Gasteiger partial charge >= 0.3 is 0 Å². The summed E-state index contributed by atoms with van der Waals surface area (Å²) in [6.45, 7) is 0.202. The van der Waals surface area contributed by atoms with Crippen molar-refractivity contribution in [3.8, 4) is 11.8 Å². The fraction of sp³-hybridized carbons (Fsp3) is 0.385. The molecule has 2 N–H and O–H groups in total. The molecule has 1 aliphatic rings. The van der Waals surface area contributed by atoms with E-state index in [9.17, 15) is 8.42 Å². The quantitative estimate of drug-likeness (QED) is 0.788. The summed E-state index contributed by atoms with van der Waals surface area (Å²) >= 11 is 0. The van der Waals surface area contributed by atoms with Gasteiger partial charge in [-0.05, 0) is 30.9 Å². The number of sulfonamides is 1. The van der Waals surface area contributed by atoms with Crippen LogP contribution in [-0.4, -0.2) is 26.7 Å². The van der Waals surface area contributed by atoms with E-state index >= 15 is 0 Å². The lowest BCUT2D eigenvalue weighted by atomic mass is 10.2. The molecule has 0 unspecified atom stereocenters. The SMILES string of the molecule is O=S(=O)(NCC1CC1)c1ccccc1C#CCO. The van der Waals surface area contributed by atoms with Gasteiger partial charge in [-0.25, -0.2) is 13.1 Å². The van der Waals surface area contributed by atoms with Crippen LogP contribution in [0.5, 0.6) is 0 Å². The summed E-state index contributed by atoms with van der Waals surface area (Å²) in [5, 5.41) is 8.67. The molecule has 18 heavy (non-hydrogen) atoms. The third kappa shape index (κ3) is 3.33. The third-order valence-corrected chi connectivity index (χ3v) is 4.22. The van der Waals surface area contributed by atoms with Crippen molar-refractivity contribution in [3.05, 3.63) is 29.8 Å². The van der Waals surface area contributed by atoms with E-state index in [-0.39, 0.29) is 11.5 Å². The van der Waals surface area contributed by atoms with Crippen molar-refractivity contribution in [2.45, 2.75) is 17.7 Å². The summed E-state index contributed by atoms with van der Waals surface area (Å²) in [6, 6.07) is 6.54. The van der Waals surface area contributed by atoms with E-state index in [0.717, 1.165) is 12.8 Å². The molecule has 1 aliphatic carbocycles. The van der Waals surface area contributed by atoms with E-state index in [1.54, 1.807) is 18.2 Å². The van der Waals surface area contributed by atoms with Gasteiger partial charge in [-0.3, -0.25) is 0 Å². The molecular weight excluding hydrogens is 250 g/mol. The molecule has 4 nitrogen and oxygen atoms in total. The molecule has 1 saturated carbocycles. The Morgan fingerprint density at radius 3 is 2.72 bits per heavy atom. The first-order valence-corrected chi connectivity index (χ1v) is 7.30. The van der Waals surface area contributed by atoms with Gasteiger partial charge in [0.2, 0.25) is 10.0 Å². The number of aliphatic hydroxyl groups excluding tert-OH is 1. The van der Waals surface area contributed by atoms with Crippen molar-refractivity contribution in [1.29, 1.82) is 0 Å². The van der Waals surface area contributed by atoms with E-state index in [4.69, 9.17) is 5.11 Å². The molecule has 0 heterocycles. The normalized spacial score (nSPS) is 14.9. The predicted molar refractivity (Wildman–Crippen MR) is 68.3 cm³/mol. The first-order valence-electron chi connectivity index (χ1n) is 5.82. The van der Waals surface area contributed by atoms with Gasteiger partial charge in [0.1, 0.15) is 6.61 Å². The van der Waals surface area contributed by atoms with E-state index < -0.39 is 10.0 Å². The second-order valence-corrected chi connectivity index (χ2v) is 5.99. The molecule has 0 radical (unpaired) electrons. The Labute approximate surface area is 107 Å². The number of benzene rings is 1. The lowest BCUT2D eigenvalue weighted by Crippen LogP contribution is -2.26. The molecule has 96 valence electrons. The Hall–Kier alpha value is -1.35. The van der Waals surface area contributed by atoms with Gasteiger partial charge in [0.15, 0.2) is 0 Å². The van der Waals surface area contributed by atoms with Crippen molar-refractivity contribution in [2.75, 3.05) is 13.2 Å². The van der Waals surface area contributed by atoms with E-state index in [1.165, 1.54) is 6.07 Å². The minimum atomic E-state index is -3.51. The van der Waals surface area contributed by atoms with Crippen LogP contribution < -0.4 is 4.72 Å². The molecule has 0 atom stereocenters. The lowest BCUT2D eigenvalue weighted by molar-refractivity contribution is 0.350. The highest BCUT2D eigenvalue weighted by molar-refractivity contribution is 7.89. The van der Waals surface area contributed by atoms with Crippen LogP contribution in [-0.2, 0) is 10.0 Å². The maximum atomic E-state index is 12.1. The van der Waals surface area contributed by atoms with Gasteiger partial charge in [-0.1, -0.05) is 24.0 Å². The van der Waals surface area contributed by atoms with Crippen LogP contribution >= 0.6 is 0 Å². The molecule has 2 rings (SSSR count). The van der Waals surface area contributed by atoms with E-state index in [2.05, 4.69) is 16.6 Å². The van der Waals surface area contributed by atoms with Crippen molar-refractivity contribution in [1.82, 2.24) is 4.72 Å². The van der Waals surface area contributed by atoms with Gasteiger partial charge in [0, 0.05) is 12.1 Å². The Morgan fingerprint density at radius 2 is 2.06 bits per heavy atom. The standard InChI is InChI=1S/C13H15NO3S/c15-9-3-5-12-4-1-2-6-13(12)18(16,17)14-10-11-7-8-11/h1-2,4,6,11,14-15H,7-10H2. The van der Waals surface area contributed by atoms with Gasteiger partial charge in [-0.2, -0.15) is 0 Å². The second-order valence-electron chi connectivity index (χ2n) is 4.25. The predicted octanol–water partition coefficient (Wildman–Crippen LogP) is 0.719. The highest BCUT2D eigenvalue weighted by Crippen LogP contribution is 2.28. The fourth-order valence-corrected chi connectivity index (χ4v) is 2.84. The van der Waals surface area contributed by atoms with Crippen LogP contribution in [0.15, 0.2) is 29.2 Å². The highest BCUT2D eigenvalue weighted by Gasteiger charge is 2.25. The monoisotopic (exact) mass is 265 g/mol. The molecule has 0 saturated heterocycles. The molecule has 1 aromatic rings. The Morgan fingerprint density at radius 1 is 1.33 bits per heavy atom. The van der Waals surface area contributed by atoms with Gasteiger partial charge < -0.3 is 5.11 Å². The van der Waals surface area contributed by atoms with Crippen molar-refractivity contribution in [3.63, 3.8) is 0 Å².